The fourth-order valence-electron chi connectivity index (χ4n) is 1.69. The van der Waals surface area contributed by atoms with Crippen LogP contribution in [0.2, 0.25) is 0 Å². The molecule has 0 atom stereocenters. The number of hydrogen-bond donors (Lipinski definition) is 1. The van der Waals surface area contributed by atoms with Crippen LogP contribution in [0, 0.1) is 0 Å². The lowest BCUT2D eigenvalue weighted by molar-refractivity contribution is 0.960. The molecule has 0 spiro atoms. The van der Waals surface area contributed by atoms with E-state index < -0.39 is 0 Å². The van der Waals surface area contributed by atoms with Crippen LogP contribution in [0.5, 0.6) is 0 Å². The second-order valence-electron chi connectivity index (χ2n) is 3.45. The summed E-state index contributed by atoms with van der Waals surface area (Å²) in [6.07, 6.45) is 2.00. The first-order valence-electron chi connectivity index (χ1n) is 5.38. The van der Waals surface area contributed by atoms with E-state index >= 15 is 0 Å². The number of anilines is 2. The fraction of sp³-hybridized carbons (Fsp3) is 0.364. The third-order valence-corrected chi connectivity index (χ3v) is 3.04. The molecule has 0 aliphatic carbocycles. The molecule has 2 aromatic rings. The van der Waals surface area contributed by atoms with Crippen molar-refractivity contribution in [3.63, 3.8) is 0 Å². The number of rotatable bonds is 4. The largest absolute Gasteiger partial charge is 0.328 e. The first-order chi connectivity index (χ1) is 7.85. The summed E-state index contributed by atoms with van der Waals surface area (Å²) in [7, 11) is 0. The molecule has 4 nitrogen and oxygen atoms in total. The van der Waals surface area contributed by atoms with E-state index in [0.29, 0.717) is 0 Å². The Balaban J connectivity index is 2.37. The van der Waals surface area contributed by atoms with Gasteiger partial charge in [-0.15, -0.1) is 0 Å². The van der Waals surface area contributed by atoms with Gasteiger partial charge < -0.3 is 5.32 Å². The zero-order valence-electron chi connectivity index (χ0n) is 9.40. The zero-order valence-corrected chi connectivity index (χ0v) is 10.2. The van der Waals surface area contributed by atoms with Gasteiger partial charge in [0.1, 0.15) is 0 Å². The van der Waals surface area contributed by atoms with Crippen LogP contribution in [0.15, 0.2) is 18.2 Å². The maximum absolute atomic E-state index is 3.91. The maximum Gasteiger partial charge on any atom is 0.229 e. The first kappa shape index (κ1) is 11.0. The van der Waals surface area contributed by atoms with E-state index in [1.165, 1.54) is 22.7 Å². The van der Waals surface area contributed by atoms with Crippen molar-refractivity contribution >= 4 is 22.4 Å². The molecule has 1 aromatic heterocycles. The Kier molecular flexibility index (Phi) is 3.46. The van der Waals surface area contributed by atoms with Crippen molar-refractivity contribution in [1.29, 1.82) is 0 Å². The summed E-state index contributed by atoms with van der Waals surface area (Å²) in [5.41, 5.74) is 3.76. The van der Waals surface area contributed by atoms with E-state index in [1.54, 1.807) is 0 Å². The standard InChI is InChI=1S/C11H14N4S/c1-3-8-6-5-7-9(4-2)10(8)12-11-13-14-15-16-11/h5-7H,3-4H2,1-2H3,(H,12,13,15). The van der Waals surface area contributed by atoms with Crippen LogP contribution in [-0.4, -0.2) is 14.8 Å². The molecule has 0 saturated heterocycles. The number of para-hydroxylation sites is 1. The number of hydrogen-bond acceptors (Lipinski definition) is 5. The highest BCUT2D eigenvalue weighted by Gasteiger charge is 2.07. The van der Waals surface area contributed by atoms with Crippen LogP contribution in [-0.2, 0) is 12.8 Å². The van der Waals surface area contributed by atoms with E-state index in [9.17, 15) is 0 Å². The number of aryl methyl sites for hydroxylation is 2. The first-order valence-corrected chi connectivity index (χ1v) is 6.15. The average molecular weight is 234 g/mol. The SMILES string of the molecule is CCc1cccc(CC)c1Nc1nnns1. The van der Waals surface area contributed by atoms with Crippen molar-refractivity contribution in [1.82, 2.24) is 14.8 Å². The van der Waals surface area contributed by atoms with Gasteiger partial charge in [-0.3, -0.25) is 0 Å². The van der Waals surface area contributed by atoms with Crippen molar-refractivity contribution in [3.05, 3.63) is 29.3 Å². The minimum absolute atomic E-state index is 0.746. The topological polar surface area (TPSA) is 50.7 Å². The van der Waals surface area contributed by atoms with Gasteiger partial charge >= 0.3 is 0 Å². The Labute approximate surface area is 98.9 Å². The Morgan fingerprint density at radius 1 is 1.19 bits per heavy atom. The maximum atomic E-state index is 3.91. The summed E-state index contributed by atoms with van der Waals surface area (Å²) in [4.78, 5) is 0. The molecule has 0 amide bonds. The smallest absolute Gasteiger partial charge is 0.229 e. The molecule has 2 rings (SSSR count). The van der Waals surface area contributed by atoms with Crippen molar-refractivity contribution in [2.24, 2.45) is 0 Å². The predicted octanol–water partition coefficient (Wildman–Crippen LogP) is 2.80. The molecule has 0 aliphatic heterocycles. The quantitative estimate of drug-likeness (QED) is 0.883. The highest BCUT2D eigenvalue weighted by molar-refractivity contribution is 7.09. The summed E-state index contributed by atoms with van der Waals surface area (Å²) < 4.78 is 3.75. The van der Waals surface area contributed by atoms with Crippen molar-refractivity contribution < 1.29 is 0 Å². The van der Waals surface area contributed by atoms with Crippen LogP contribution in [0.4, 0.5) is 10.8 Å². The van der Waals surface area contributed by atoms with Gasteiger partial charge in [0.25, 0.3) is 0 Å². The predicted molar refractivity (Wildman–Crippen MR) is 66.2 cm³/mol. The minimum atomic E-state index is 0.746. The molecule has 1 N–H and O–H groups in total. The Hall–Kier alpha value is -1.49. The number of aromatic nitrogens is 3. The minimum Gasteiger partial charge on any atom is -0.328 e. The molecule has 1 aromatic carbocycles. The summed E-state index contributed by atoms with van der Waals surface area (Å²) in [5, 5.41) is 11.5. The Morgan fingerprint density at radius 2 is 1.88 bits per heavy atom. The normalized spacial score (nSPS) is 10.4. The molecule has 0 radical (unpaired) electrons. The van der Waals surface area contributed by atoms with E-state index in [4.69, 9.17) is 0 Å². The Morgan fingerprint density at radius 3 is 2.38 bits per heavy atom. The van der Waals surface area contributed by atoms with E-state index in [-0.39, 0.29) is 0 Å². The number of nitrogens with one attached hydrogen (secondary N) is 1. The molecule has 84 valence electrons. The Bertz CT molecular complexity index is 431. The molecule has 0 saturated carbocycles. The second-order valence-corrected chi connectivity index (χ2v) is 4.18. The summed E-state index contributed by atoms with van der Waals surface area (Å²) in [6, 6.07) is 6.37. The lowest BCUT2D eigenvalue weighted by Gasteiger charge is -2.12. The van der Waals surface area contributed by atoms with Crippen molar-refractivity contribution in [2.45, 2.75) is 26.7 Å². The van der Waals surface area contributed by atoms with Gasteiger partial charge in [0, 0.05) is 17.2 Å². The van der Waals surface area contributed by atoms with Crippen LogP contribution in [0.1, 0.15) is 25.0 Å². The van der Waals surface area contributed by atoms with Gasteiger partial charge in [0.05, 0.1) is 0 Å². The van der Waals surface area contributed by atoms with Crippen molar-refractivity contribution in [2.75, 3.05) is 5.32 Å². The second kappa shape index (κ2) is 5.03. The number of benzene rings is 1. The highest BCUT2D eigenvalue weighted by atomic mass is 32.1. The molecule has 16 heavy (non-hydrogen) atoms. The molecule has 0 unspecified atom stereocenters. The molecular weight excluding hydrogens is 220 g/mol. The van der Waals surface area contributed by atoms with Gasteiger partial charge in [-0.2, -0.15) is 0 Å². The molecule has 5 heteroatoms. The van der Waals surface area contributed by atoms with E-state index in [1.807, 2.05) is 0 Å². The molecule has 0 bridgehead atoms. The summed E-state index contributed by atoms with van der Waals surface area (Å²) >= 11 is 1.27. The molecular formula is C11H14N4S. The van der Waals surface area contributed by atoms with Crippen LogP contribution in [0.25, 0.3) is 0 Å². The molecule has 0 fully saturated rings. The van der Waals surface area contributed by atoms with E-state index in [0.717, 1.165) is 23.7 Å². The van der Waals surface area contributed by atoms with E-state index in [2.05, 4.69) is 52.2 Å². The lowest BCUT2D eigenvalue weighted by atomic mass is 10.0. The van der Waals surface area contributed by atoms with Crippen LogP contribution in [0.3, 0.4) is 0 Å². The van der Waals surface area contributed by atoms with Gasteiger partial charge in [-0.05, 0) is 29.2 Å². The third-order valence-electron chi connectivity index (χ3n) is 2.53. The monoisotopic (exact) mass is 234 g/mol. The van der Waals surface area contributed by atoms with Gasteiger partial charge in [-0.1, -0.05) is 41.6 Å². The molecule has 1 heterocycles. The zero-order chi connectivity index (χ0) is 11.4. The van der Waals surface area contributed by atoms with Gasteiger partial charge in [-0.25, -0.2) is 0 Å². The fourth-order valence-corrected chi connectivity index (χ4v) is 2.06. The highest BCUT2D eigenvalue weighted by Crippen LogP contribution is 2.26. The average Bonchev–Trinajstić information content (AvgIpc) is 2.82. The summed E-state index contributed by atoms with van der Waals surface area (Å²) in [5.74, 6) is 0. The van der Waals surface area contributed by atoms with Crippen LogP contribution < -0.4 is 5.32 Å². The third kappa shape index (κ3) is 2.19. The molecule has 0 aliphatic rings. The van der Waals surface area contributed by atoms with Crippen molar-refractivity contribution in [3.8, 4) is 0 Å². The van der Waals surface area contributed by atoms with Gasteiger partial charge in [0.2, 0.25) is 5.13 Å². The number of nitrogens with zero attached hydrogens (tertiary/aromatic N) is 3. The summed E-state index contributed by atoms with van der Waals surface area (Å²) in [6.45, 7) is 4.30. The van der Waals surface area contributed by atoms with Crippen LogP contribution >= 0.6 is 11.5 Å². The lowest BCUT2D eigenvalue weighted by Crippen LogP contribution is -1.99. The van der Waals surface area contributed by atoms with Gasteiger partial charge in [0.15, 0.2) is 0 Å².